The average molecular weight is 243 g/mol. The molecular weight excluding hydrogens is 230 g/mol. The molecule has 0 bridgehead atoms. The predicted molar refractivity (Wildman–Crippen MR) is 58.8 cm³/mol. The number of hydrogen-bond acceptors (Lipinski definition) is 4. The summed E-state index contributed by atoms with van der Waals surface area (Å²) in [4.78, 5) is 0. The van der Waals surface area contributed by atoms with E-state index in [0.29, 0.717) is 13.0 Å². The van der Waals surface area contributed by atoms with E-state index < -0.39 is 10.2 Å². The highest BCUT2D eigenvalue weighted by atomic mass is 32.2. The molecule has 1 aromatic rings. The van der Waals surface area contributed by atoms with Crippen molar-refractivity contribution >= 4 is 16.0 Å². The minimum Gasteiger partial charge on any atom is -0.254 e. The van der Waals surface area contributed by atoms with Crippen LogP contribution in [0.25, 0.3) is 0 Å². The van der Waals surface area contributed by atoms with Gasteiger partial charge in [-0.25, -0.2) is 0 Å². The second-order valence-corrected chi connectivity index (χ2v) is 4.64. The molecule has 0 atom stereocenters. The largest absolute Gasteiger partial charge is 0.300 e. The monoisotopic (exact) mass is 243 g/mol. The van der Waals surface area contributed by atoms with Crippen LogP contribution in [0.1, 0.15) is 18.9 Å². The Bertz CT molecular complexity index is 499. The van der Waals surface area contributed by atoms with E-state index >= 15 is 0 Å². The van der Waals surface area contributed by atoms with Crippen LogP contribution < -0.4 is 9.44 Å². The highest BCUT2D eigenvalue weighted by Crippen LogP contribution is 2.13. The number of nitrogens with one attached hydrogen (secondary N) is 2. The Hall–Kier alpha value is -1.59. The lowest BCUT2D eigenvalue weighted by Crippen LogP contribution is -2.31. The molecule has 0 spiro atoms. The summed E-state index contributed by atoms with van der Waals surface area (Å²) in [6, 6.07) is 1.86. The molecule has 0 aliphatic rings. The maximum absolute atomic E-state index is 11.5. The molecular formula is C8H13N5O2S. The van der Waals surface area contributed by atoms with Gasteiger partial charge in [0.25, 0.3) is 10.2 Å². The van der Waals surface area contributed by atoms with Gasteiger partial charge in [-0.3, -0.25) is 9.40 Å². The summed E-state index contributed by atoms with van der Waals surface area (Å²) in [7, 11) is -2.08. The minimum atomic E-state index is -3.63. The number of aryl methyl sites for hydroxylation is 1. The van der Waals surface area contributed by atoms with Gasteiger partial charge in [0, 0.05) is 13.6 Å². The first kappa shape index (κ1) is 12.5. The predicted octanol–water partition coefficient (Wildman–Crippen LogP) is -0.0519. The molecule has 0 unspecified atom stereocenters. The van der Waals surface area contributed by atoms with Gasteiger partial charge >= 0.3 is 0 Å². The number of nitriles is 1. The molecule has 0 saturated heterocycles. The molecule has 0 amide bonds. The zero-order valence-corrected chi connectivity index (χ0v) is 9.87. The van der Waals surface area contributed by atoms with Crippen LogP contribution in [0.4, 0.5) is 5.82 Å². The molecule has 1 aromatic heterocycles. The Morgan fingerprint density at radius 2 is 2.31 bits per heavy atom. The highest BCUT2D eigenvalue weighted by molar-refractivity contribution is 7.90. The van der Waals surface area contributed by atoms with Crippen molar-refractivity contribution < 1.29 is 8.42 Å². The van der Waals surface area contributed by atoms with Crippen LogP contribution in [0.3, 0.4) is 0 Å². The Balaban J connectivity index is 2.88. The van der Waals surface area contributed by atoms with Crippen LogP contribution >= 0.6 is 0 Å². The normalized spacial score (nSPS) is 11.1. The summed E-state index contributed by atoms with van der Waals surface area (Å²) in [5.41, 5.74) is 0.185. The van der Waals surface area contributed by atoms with Crippen molar-refractivity contribution in [1.29, 1.82) is 5.26 Å². The van der Waals surface area contributed by atoms with Gasteiger partial charge < -0.3 is 0 Å². The molecule has 0 radical (unpaired) electrons. The molecule has 0 aliphatic heterocycles. The van der Waals surface area contributed by atoms with Crippen molar-refractivity contribution in [1.82, 2.24) is 14.5 Å². The summed E-state index contributed by atoms with van der Waals surface area (Å²) < 4.78 is 28.9. The summed E-state index contributed by atoms with van der Waals surface area (Å²) in [5.74, 6) is 0.158. The second kappa shape index (κ2) is 4.96. The molecule has 0 saturated carbocycles. The van der Waals surface area contributed by atoms with Crippen LogP contribution in [-0.4, -0.2) is 24.7 Å². The van der Waals surface area contributed by atoms with Crippen LogP contribution in [0.5, 0.6) is 0 Å². The first-order chi connectivity index (χ1) is 7.50. The van der Waals surface area contributed by atoms with E-state index in [4.69, 9.17) is 5.26 Å². The van der Waals surface area contributed by atoms with Gasteiger partial charge in [-0.2, -0.15) is 23.5 Å². The number of anilines is 1. The maximum atomic E-state index is 11.5. The van der Waals surface area contributed by atoms with Gasteiger partial charge in [0.15, 0.2) is 5.82 Å². The first-order valence-electron chi connectivity index (χ1n) is 4.69. The van der Waals surface area contributed by atoms with Gasteiger partial charge in [-0.05, 0) is 6.42 Å². The smallest absolute Gasteiger partial charge is 0.254 e. The highest BCUT2D eigenvalue weighted by Gasteiger charge is 2.15. The average Bonchev–Trinajstić information content (AvgIpc) is 2.57. The zero-order chi connectivity index (χ0) is 12.2. The fourth-order valence-electron chi connectivity index (χ4n) is 1.04. The molecule has 0 aliphatic carbocycles. The lowest BCUT2D eigenvalue weighted by molar-refractivity contribution is 0.585. The van der Waals surface area contributed by atoms with Crippen molar-refractivity contribution in [2.24, 2.45) is 7.05 Å². The minimum absolute atomic E-state index is 0.158. The Morgan fingerprint density at radius 1 is 1.62 bits per heavy atom. The second-order valence-electron chi connectivity index (χ2n) is 3.14. The van der Waals surface area contributed by atoms with Crippen molar-refractivity contribution in [3.63, 3.8) is 0 Å². The summed E-state index contributed by atoms with van der Waals surface area (Å²) in [6.07, 6.45) is 2.00. The van der Waals surface area contributed by atoms with Crippen molar-refractivity contribution in [3.8, 4) is 6.07 Å². The number of nitrogens with zero attached hydrogens (tertiary/aromatic N) is 3. The third-order valence-corrected chi connectivity index (χ3v) is 2.88. The lowest BCUT2D eigenvalue weighted by atomic mass is 10.4. The van der Waals surface area contributed by atoms with Crippen LogP contribution in [-0.2, 0) is 17.3 Å². The first-order valence-corrected chi connectivity index (χ1v) is 6.18. The molecule has 8 heteroatoms. The van der Waals surface area contributed by atoms with E-state index in [1.807, 2.05) is 13.0 Å². The van der Waals surface area contributed by atoms with Gasteiger partial charge in [0.05, 0.1) is 6.20 Å². The van der Waals surface area contributed by atoms with Crippen molar-refractivity contribution in [2.45, 2.75) is 13.3 Å². The van der Waals surface area contributed by atoms with Gasteiger partial charge in [-0.1, -0.05) is 6.92 Å². The number of rotatable bonds is 5. The molecule has 7 nitrogen and oxygen atoms in total. The molecule has 0 fully saturated rings. The van der Waals surface area contributed by atoms with E-state index in [0.717, 1.165) is 0 Å². The maximum Gasteiger partial charge on any atom is 0.300 e. The molecule has 1 heterocycles. The van der Waals surface area contributed by atoms with Crippen LogP contribution in [0, 0.1) is 11.3 Å². The van der Waals surface area contributed by atoms with E-state index in [9.17, 15) is 8.42 Å². The lowest BCUT2D eigenvalue weighted by Gasteiger charge is -2.08. The molecule has 16 heavy (non-hydrogen) atoms. The third kappa shape index (κ3) is 2.95. The number of hydrogen-bond donors (Lipinski definition) is 2. The van der Waals surface area contributed by atoms with Gasteiger partial charge in [0.1, 0.15) is 11.6 Å². The third-order valence-electron chi connectivity index (χ3n) is 1.83. The summed E-state index contributed by atoms with van der Waals surface area (Å²) in [5, 5.41) is 12.5. The fraction of sp³-hybridized carbons (Fsp3) is 0.500. The fourth-order valence-corrected chi connectivity index (χ4v) is 2.08. The van der Waals surface area contributed by atoms with Crippen LogP contribution in [0.15, 0.2) is 6.20 Å². The summed E-state index contributed by atoms with van der Waals surface area (Å²) >= 11 is 0. The molecule has 0 aromatic carbocycles. The Labute approximate surface area is 94.3 Å². The van der Waals surface area contributed by atoms with Crippen molar-refractivity contribution in [3.05, 3.63) is 11.8 Å². The molecule has 2 N–H and O–H groups in total. The van der Waals surface area contributed by atoms with Gasteiger partial charge in [-0.15, -0.1) is 0 Å². The summed E-state index contributed by atoms with van der Waals surface area (Å²) in [6.45, 7) is 2.20. The van der Waals surface area contributed by atoms with E-state index in [1.54, 1.807) is 7.05 Å². The van der Waals surface area contributed by atoms with E-state index in [1.165, 1.54) is 10.9 Å². The molecule has 1 rings (SSSR count). The van der Waals surface area contributed by atoms with Crippen LogP contribution in [0.2, 0.25) is 0 Å². The van der Waals surface area contributed by atoms with E-state index in [2.05, 4.69) is 14.5 Å². The quantitative estimate of drug-likeness (QED) is 0.757. The van der Waals surface area contributed by atoms with Gasteiger partial charge in [0.2, 0.25) is 0 Å². The Morgan fingerprint density at radius 3 is 2.88 bits per heavy atom. The topological polar surface area (TPSA) is 99.8 Å². The van der Waals surface area contributed by atoms with E-state index in [-0.39, 0.29) is 11.4 Å². The molecule has 88 valence electrons. The van der Waals surface area contributed by atoms with Crippen molar-refractivity contribution in [2.75, 3.05) is 11.3 Å². The SMILES string of the molecule is CCCNS(=O)(=O)Nc1c(C#N)cnn1C. The Kier molecular flexibility index (Phi) is 3.87. The zero-order valence-electron chi connectivity index (χ0n) is 9.06. The number of aromatic nitrogens is 2. The standard InChI is InChI=1S/C8H13N5O2S/c1-3-4-11-16(14,15)12-8-7(5-9)6-10-13(8)2/h6,11-12H,3-4H2,1-2H3.